The summed E-state index contributed by atoms with van der Waals surface area (Å²) in [5.74, 6) is 1.97. The van der Waals surface area contributed by atoms with E-state index in [4.69, 9.17) is 21.1 Å². The van der Waals surface area contributed by atoms with E-state index < -0.39 is 0 Å². The van der Waals surface area contributed by atoms with E-state index in [9.17, 15) is 0 Å². The van der Waals surface area contributed by atoms with Crippen molar-refractivity contribution in [2.75, 3.05) is 7.11 Å². The van der Waals surface area contributed by atoms with Gasteiger partial charge in [-0.05, 0) is 34.1 Å². The first kappa shape index (κ1) is 13.7. The third-order valence-electron chi connectivity index (χ3n) is 2.42. The van der Waals surface area contributed by atoms with Crippen molar-refractivity contribution in [3.05, 3.63) is 44.6 Å². The SMILES string of the molecule is COc1ccc(CCl)c(OCc2ccc(Br)s2)c1. The Balaban J connectivity index is 2.11. The van der Waals surface area contributed by atoms with Crippen LogP contribution in [-0.2, 0) is 12.5 Å². The van der Waals surface area contributed by atoms with Crippen molar-refractivity contribution < 1.29 is 9.47 Å². The summed E-state index contributed by atoms with van der Waals surface area (Å²) < 4.78 is 12.1. The molecule has 0 bridgehead atoms. The maximum Gasteiger partial charge on any atom is 0.127 e. The van der Waals surface area contributed by atoms with Gasteiger partial charge in [0.05, 0.1) is 16.8 Å². The predicted octanol–water partition coefficient (Wildman–Crippen LogP) is 4.84. The highest BCUT2D eigenvalue weighted by Crippen LogP contribution is 2.28. The average molecular weight is 348 g/mol. The van der Waals surface area contributed by atoms with Gasteiger partial charge in [-0.3, -0.25) is 0 Å². The lowest BCUT2D eigenvalue weighted by Crippen LogP contribution is -1.97. The fourth-order valence-electron chi connectivity index (χ4n) is 1.48. The van der Waals surface area contributed by atoms with Gasteiger partial charge in [-0.15, -0.1) is 22.9 Å². The van der Waals surface area contributed by atoms with E-state index in [1.54, 1.807) is 18.4 Å². The summed E-state index contributed by atoms with van der Waals surface area (Å²) >= 11 is 11.0. The highest BCUT2D eigenvalue weighted by molar-refractivity contribution is 9.11. The van der Waals surface area contributed by atoms with Crippen molar-refractivity contribution in [3.63, 3.8) is 0 Å². The average Bonchev–Trinajstić information content (AvgIpc) is 2.81. The number of halogens is 2. The van der Waals surface area contributed by atoms with E-state index >= 15 is 0 Å². The molecule has 1 aromatic heterocycles. The fourth-order valence-corrected chi connectivity index (χ4v) is 3.10. The van der Waals surface area contributed by atoms with Gasteiger partial charge in [0, 0.05) is 16.5 Å². The molecule has 0 aliphatic rings. The summed E-state index contributed by atoms with van der Waals surface area (Å²) in [6, 6.07) is 9.71. The standard InChI is InChI=1S/C13H12BrClO2S/c1-16-10-3-2-9(7-15)12(6-10)17-8-11-4-5-13(14)18-11/h2-6H,7-8H2,1H3. The van der Waals surface area contributed by atoms with Gasteiger partial charge >= 0.3 is 0 Å². The Morgan fingerprint density at radius 1 is 1.28 bits per heavy atom. The second-order valence-electron chi connectivity index (χ2n) is 3.60. The largest absolute Gasteiger partial charge is 0.497 e. The zero-order chi connectivity index (χ0) is 13.0. The molecule has 0 spiro atoms. The number of thiophene rings is 1. The third-order valence-corrected chi connectivity index (χ3v) is 4.30. The lowest BCUT2D eigenvalue weighted by Gasteiger charge is -2.10. The van der Waals surface area contributed by atoms with Crippen LogP contribution in [-0.4, -0.2) is 7.11 Å². The van der Waals surface area contributed by atoms with Crippen molar-refractivity contribution in [2.24, 2.45) is 0 Å². The van der Waals surface area contributed by atoms with E-state index in [2.05, 4.69) is 15.9 Å². The number of alkyl halides is 1. The van der Waals surface area contributed by atoms with Crippen LogP contribution < -0.4 is 9.47 Å². The molecule has 0 atom stereocenters. The molecule has 0 saturated heterocycles. The topological polar surface area (TPSA) is 18.5 Å². The van der Waals surface area contributed by atoms with E-state index in [0.29, 0.717) is 12.5 Å². The Morgan fingerprint density at radius 3 is 2.72 bits per heavy atom. The maximum atomic E-state index is 5.89. The quantitative estimate of drug-likeness (QED) is 0.721. The Hall–Kier alpha value is -0.710. The Morgan fingerprint density at radius 2 is 2.11 bits per heavy atom. The van der Waals surface area contributed by atoms with Crippen LogP contribution in [0.1, 0.15) is 10.4 Å². The van der Waals surface area contributed by atoms with Gasteiger partial charge in [-0.2, -0.15) is 0 Å². The number of methoxy groups -OCH3 is 1. The summed E-state index contributed by atoms with van der Waals surface area (Å²) in [5.41, 5.74) is 0.966. The first-order chi connectivity index (χ1) is 8.72. The minimum Gasteiger partial charge on any atom is -0.497 e. The summed E-state index contributed by atoms with van der Waals surface area (Å²) in [6.07, 6.45) is 0. The lowest BCUT2D eigenvalue weighted by atomic mass is 10.2. The van der Waals surface area contributed by atoms with E-state index in [1.165, 1.54) is 0 Å². The van der Waals surface area contributed by atoms with Crippen molar-refractivity contribution in [3.8, 4) is 11.5 Å². The summed E-state index contributed by atoms with van der Waals surface area (Å²) in [4.78, 5) is 1.16. The van der Waals surface area contributed by atoms with Crippen LogP contribution in [0.15, 0.2) is 34.1 Å². The smallest absolute Gasteiger partial charge is 0.127 e. The van der Waals surface area contributed by atoms with Crippen molar-refractivity contribution in [1.29, 1.82) is 0 Å². The molecular formula is C13H12BrClO2S. The van der Waals surface area contributed by atoms with Gasteiger partial charge < -0.3 is 9.47 Å². The van der Waals surface area contributed by atoms with Crippen LogP contribution in [0.2, 0.25) is 0 Å². The molecule has 0 unspecified atom stereocenters. The van der Waals surface area contributed by atoms with Gasteiger partial charge in [0.2, 0.25) is 0 Å². The molecule has 1 heterocycles. The predicted molar refractivity (Wildman–Crippen MR) is 78.9 cm³/mol. The maximum absolute atomic E-state index is 5.89. The Kier molecular flexibility index (Phi) is 4.92. The van der Waals surface area contributed by atoms with Gasteiger partial charge in [0.1, 0.15) is 18.1 Å². The molecule has 0 fully saturated rings. The number of hydrogen-bond acceptors (Lipinski definition) is 3. The van der Waals surface area contributed by atoms with Gasteiger partial charge in [0.15, 0.2) is 0 Å². The van der Waals surface area contributed by atoms with E-state index in [1.807, 2.05) is 30.3 Å². The molecule has 0 aliphatic carbocycles. The number of hydrogen-bond donors (Lipinski definition) is 0. The van der Waals surface area contributed by atoms with Crippen molar-refractivity contribution in [1.82, 2.24) is 0 Å². The molecule has 96 valence electrons. The second kappa shape index (κ2) is 6.45. The molecule has 0 amide bonds. The van der Waals surface area contributed by atoms with Crippen molar-refractivity contribution in [2.45, 2.75) is 12.5 Å². The summed E-state index contributed by atoms with van der Waals surface area (Å²) in [5, 5.41) is 0. The first-order valence-corrected chi connectivity index (χ1v) is 7.47. The first-order valence-electron chi connectivity index (χ1n) is 5.33. The minimum atomic E-state index is 0.424. The zero-order valence-electron chi connectivity index (χ0n) is 9.78. The highest BCUT2D eigenvalue weighted by atomic mass is 79.9. The normalized spacial score (nSPS) is 10.4. The summed E-state index contributed by atoms with van der Waals surface area (Å²) in [7, 11) is 1.63. The van der Waals surface area contributed by atoms with Gasteiger partial charge in [-0.1, -0.05) is 6.07 Å². The Labute approximate surface area is 124 Å². The van der Waals surface area contributed by atoms with Crippen molar-refractivity contribution >= 4 is 38.9 Å². The van der Waals surface area contributed by atoms with Crippen LogP contribution in [0, 0.1) is 0 Å². The van der Waals surface area contributed by atoms with Gasteiger partial charge in [-0.25, -0.2) is 0 Å². The highest BCUT2D eigenvalue weighted by Gasteiger charge is 2.06. The zero-order valence-corrected chi connectivity index (χ0v) is 12.9. The Bertz CT molecular complexity index is 527. The molecule has 0 aliphatic heterocycles. The number of benzene rings is 1. The van der Waals surface area contributed by atoms with E-state index in [-0.39, 0.29) is 0 Å². The van der Waals surface area contributed by atoms with Crippen LogP contribution in [0.3, 0.4) is 0 Å². The lowest BCUT2D eigenvalue weighted by molar-refractivity contribution is 0.304. The van der Waals surface area contributed by atoms with Crippen LogP contribution in [0.5, 0.6) is 11.5 Å². The number of ether oxygens (including phenoxy) is 2. The third kappa shape index (κ3) is 3.40. The number of rotatable bonds is 5. The molecule has 0 saturated carbocycles. The van der Waals surface area contributed by atoms with Crippen LogP contribution >= 0.6 is 38.9 Å². The minimum absolute atomic E-state index is 0.424. The molecule has 0 N–H and O–H groups in total. The molecule has 18 heavy (non-hydrogen) atoms. The summed E-state index contributed by atoms with van der Waals surface area (Å²) in [6.45, 7) is 0.535. The monoisotopic (exact) mass is 346 g/mol. The molecule has 0 radical (unpaired) electrons. The van der Waals surface area contributed by atoms with Crippen LogP contribution in [0.25, 0.3) is 0 Å². The molecule has 1 aromatic carbocycles. The molecular weight excluding hydrogens is 336 g/mol. The molecule has 2 rings (SSSR count). The van der Waals surface area contributed by atoms with Crippen LogP contribution in [0.4, 0.5) is 0 Å². The second-order valence-corrected chi connectivity index (χ2v) is 6.42. The van der Waals surface area contributed by atoms with E-state index in [0.717, 1.165) is 25.7 Å². The molecule has 2 nitrogen and oxygen atoms in total. The fraction of sp³-hybridized carbons (Fsp3) is 0.231. The molecule has 5 heteroatoms. The van der Waals surface area contributed by atoms with Gasteiger partial charge in [0.25, 0.3) is 0 Å². The molecule has 2 aromatic rings.